The van der Waals surface area contributed by atoms with Crippen molar-refractivity contribution >= 4 is 0 Å². The first-order valence-electron chi connectivity index (χ1n) is 6.70. The number of halogens is 2. The van der Waals surface area contributed by atoms with Crippen LogP contribution in [0.15, 0.2) is 18.7 Å². The van der Waals surface area contributed by atoms with Crippen molar-refractivity contribution in [3.05, 3.63) is 18.7 Å². The molecule has 1 N–H and O–H groups in total. The molecule has 1 aromatic rings. The van der Waals surface area contributed by atoms with Gasteiger partial charge in [-0.05, 0) is 38.3 Å². The van der Waals surface area contributed by atoms with Gasteiger partial charge in [-0.2, -0.15) is 0 Å². The third-order valence-corrected chi connectivity index (χ3v) is 3.52. The Morgan fingerprint density at radius 2 is 2.28 bits per heavy atom. The third kappa shape index (κ3) is 4.37. The summed E-state index contributed by atoms with van der Waals surface area (Å²) in [6.45, 7) is 2.63. The Kier molecular flexibility index (Phi) is 4.69. The molecule has 0 saturated heterocycles. The van der Waals surface area contributed by atoms with Gasteiger partial charge < -0.3 is 9.88 Å². The second kappa shape index (κ2) is 6.27. The van der Waals surface area contributed by atoms with Gasteiger partial charge in [0.25, 0.3) is 0 Å². The summed E-state index contributed by atoms with van der Waals surface area (Å²) in [5.74, 6) is -2.25. The quantitative estimate of drug-likeness (QED) is 0.761. The fourth-order valence-corrected chi connectivity index (χ4v) is 2.49. The smallest absolute Gasteiger partial charge is 0.248 e. The summed E-state index contributed by atoms with van der Waals surface area (Å²) in [5.41, 5.74) is 0. The summed E-state index contributed by atoms with van der Waals surface area (Å²) < 4.78 is 27.9. The number of rotatable bonds is 7. The lowest BCUT2D eigenvalue weighted by Crippen LogP contribution is -2.23. The van der Waals surface area contributed by atoms with E-state index >= 15 is 0 Å². The number of unbranched alkanes of at least 4 members (excludes halogenated alkanes) is 1. The van der Waals surface area contributed by atoms with Crippen LogP contribution in [0.2, 0.25) is 0 Å². The maximum Gasteiger partial charge on any atom is 0.248 e. The molecule has 0 amide bonds. The Morgan fingerprint density at radius 3 is 2.94 bits per heavy atom. The number of alkyl halides is 2. The van der Waals surface area contributed by atoms with Crippen LogP contribution in [0.25, 0.3) is 0 Å². The molecular weight excluding hydrogens is 236 g/mol. The van der Waals surface area contributed by atoms with E-state index in [1.165, 1.54) is 0 Å². The van der Waals surface area contributed by atoms with Crippen LogP contribution in [0.3, 0.4) is 0 Å². The van der Waals surface area contributed by atoms with E-state index in [2.05, 4.69) is 14.9 Å². The van der Waals surface area contributed by atoms with E-state index in [1.807, 2.05) is 12.5 Å². The average molecular weight is 257 g/mol. The molecule has 1 atom stereocenters. The molecule has 1 aliphatic carbocycles. The van der Waals surface area contributed by atoms with Crippen LogP contribution in [0.5, 0.6) is 0 Å². The Hall–Kier alpha value is -0.970. The van der Waals surface area contributed by atoms with E-state index in [0.717, 1.165) is 32.5 Å². The molecule has 1 unspecified atom stereocenters. The maximum absolute atomic E-state index is 12.9. The van der Waals surface area contributed by atoms with E-state index < -0.39 is 5.92 Å². The molecule has 102 valence electrons. The Labute approximate surface area is 107 Å². The van der Waals surface area contributed by atoms with Crippen LogP contribution in [0, 0.1) is 5.92 Å². The van der Waals surface area contributed by atoms with Crippen LogP contribution < -0.4 is 5.32 Å². The Morgan fingerprint density at radius 1 is 1.39 bits per heavy atom. The number of nitrogens with one attached hydrogen (secondary N) is 1. The lowest BCUT2D eigenvalue weighted by atomic mass is 10.1. The van der Waals surface area contributed by atoms with Crippen LogP contribution in [0.1, 0.15) is 32.1 Å². The zero-order valence-electron chi connectivity index (χ0n) is 10.6. The van der Waals surface area contributed by atoms with E-state index in [0.29, 0.717) is 6.42 Å². The van der Waals surface area contributed by atoms with Gasteiger partial charge in [0, 0.05) is 31.8 Å². The zero-order chi connectivity index (χ0) is 12.8. The van der Waals surface area contributed by atoms with Crippen molar-refractivity contribution in [2.45, 2.75) is 44.6 Å². The van der Waals surface area contributed by atoms with Crippen LogP contribution in [-0.4, -0.2) is 28.6 Å². The molecule has 1 fully saturated rings. The number of aromatic nitrogens is 2. The van der Waals surface area contributed by atoms with Gasteiger partial charge in [-0.1, -0.05) is 0 Å². The van der Waals surface area contributed by atoms with Gasteiger partial charge in [0.2, 0.25) is 5.92 Å². The molecule has 18 heavy (non-hydrogen) atoms. The molecule has 5 heteroatoms. The normalized spacial score (nSPS) is 22.4. The van der Waals surface area contributed by atoms with E-state index in [4.69, 9.17) is 0 Å². The maximum atomic E-state index is 12.9. The minimum absolute atomic E-state index is 0.0645. The van der Waals surface area contributed by atoms with Gasteiger partial charge >= 0.3 is 0 Å². The zero-order valence-corrected chi connectivity index (χ0v) is 10.6. The van der Waals surface area contributed by atoms with Crippen molar-refractivity contribution in [3.8, 4) is 0 Å². The molecule has 1 saturated carbocycles. The van der Waals surface area contributed by atoms with Gasteiger partial charge in [-0.3, -0.25) is 0 Å². The number of hydrogen-bond donors (Lipinski definition) is 1. The summed E-state index contributed by atoms with van der Waals surface area (Å²) in [6.07, 6.45) is 8.50. The predicted molar refractivity (Wildman–Crippen MR) is 66.6 cm³/mol. The first-order valence-corrected chi connectivity index (χ1v) is 6.70. The fraction of sp³-hybridized carbons (Fsp3) is 0.769. The number of imidazole rings is 1. The molecule has 0 aromatic carbocycles. The predicted octanol–water partition coefficient (Wildman–Crippen LogP) is 2.69. The summed E-state index contributed by atoms with van der Waals surface area (Å²) in [6, 6.07) is 0. The fourth-order valence-electron chi connectivity index (χ4n) is 2.49. The van der Waals surface area contributed by atoms with Crippen LogP contribution >= 0.6 is 0 Å². The Bertz CT molecular complexity index is 338. The van der Waals surface area contributed by atoms with Gasteiger partial charge in [-0.25, -0.2) is 13.8 Å². The van der Waals surface area contributed by atoms with Gasteiger partial charge in [0.1, 0.15) is 0 Å². The van der Waals surface area contributed by atoms with Crippen molar-refractivity contribution < 1.29 is 8.78 Å². The Balaban J connectivity index is 1.47. The minimum atomic E-state index is -2.41. The summed E-state index contributed by atoms with van der Waals surface area (Å²) in [5, 5.41) is 3.29. The van der Waals surface area contributed by atoms with Gasteiger partial charge in [0.05, 0.1) is 6.33 Å². The highest BCUT2D eigenvalue weighted by atomic mass is 19.3. The first kappa shape index (κ1) is 13.5. The van der Waals surface area contributed by atoms with Crippen LogP contribution in [-0.2, 0) is 6.54 Å². The largest absolute Gasteiger partial charge is 0.337 e. The number of nitrogens with zero attached hydrogens (tertiary/aromatic N) is 2. The molecule has 1 aromatic heterocycles. The van der Waals surface area contributed by atoms with E-state index in [-0.39, 0.29) is 18.8 Å². The van der Waals surface area contributed by atoms with E-state index in [9.17, 15) is 8.78 Å². The molecule has 2 rings (SSSR count). The molecule has 1 heterocycles. The monoisotopic (exact) mass is 257 g/mol. The van der Waals surface area contributed by atoms with E-state index in [1.54, 1.807) is 6.20 Å². The first-order chi connectivity index (χ1) is 8.66. The number of aryl methyl sites for hydroxylation is 1. The molecule has 3 nitrogen and oxygen atoms in total. The third-order valence-electron chi connectivity index (χ3n) is 3.52. The highest BCUT2D eigenvalue weighted by molar-refractivity contribution is 4.82. The second-order valence-corrected chi connectivity index (χ2v) is 5.18. The summed E-state index contributed by atoms with van der Waals surface area (Å²) >= 11 is 0. The summed E-state index contributed by atoms with van der Waals surface area (Å²) in [7, 11) is 0. The van der Waals surface area contributed by atoms with Gasteiger partial charge in [-0.15, -0.1) is 0 Å². The molecular formula is C13H21F2N3. The number of hydrogen-bond acceptors (Lipinski definition) is 2. The molecule has 0 radical (unpaired) electrons. The lowest BCUT2D eigenvalue weighted by Gasteiger charge is -2.11. The molecule has 1 aliphatic rings. The van der Waals surface area contributed by atoms with Crippen molar-refractivity contribution in [1.82, 2.24) is 14.9 Å². The minimum Gasteiger partial charge on any atom is -0.337 e. The molecule has 0 aliphatic heterocycles. The van der Waals surface area contributed by atoms with Crippen molar-refractivity contribution in [1.29, 1.82) is 0 Å². The standard InChI is InChI=1S/C13H21F2N3/c14-13(15)4-3-12(9-13)10-16-5-1-2-7-18-8-6-17-11-18/h6,8,11-12,16H,1-5,7,9-10H2. The molecule has 0 bridgehead atoms. The van der Waals surface area contributed by atoms with Crippen molar-refractivity contribution in [2.75, 3.05) is 13.1 Å². The SMILES string of the molecule is FC1(F)CCC(CNCCCCn2ccnc2)C1. The highest BCUT2D eigenvalue weighted by Gasteiger charge is 2.38. The lowest BCUT2D eigenvalue weighted by molar-refractivity contribution is 0.00509. The molecule has 0 spiro atoms. The highest BCUT2D eigenvalue weighted by Crippen LogP contribution is 2.38. The van der Waals surface area contributed by atoms with Crippen LogP contribution in [0.4, 0.5) is 8.78 Å². The van der Waals surface area contributed by atoms with Gasteiger partial charge in [0.15, 0.2) is 0 Å². The summed E-state index contributed by atoms with van der Waals surface area (Å²) in [4.78, 5) is 3.98. The topological polar surface area (TPSA) is 29.9 Å². The average Bonchev–Trinajstić information content (AvgIpc) is 2.93. The van der Waals surface area contributed by atoms with Crippen molar-refractivity contribution in [3.63, 3.8) is 0 Å². The second-order valence-electron chi connectivity index (χ2n) is 5.18. The van der Waals surface area contributed by atoms with Crippen molar-refractivity contribution in [2.24, 2.45) is 5.92 Å².